The van der Waals surface area contributed by atoms with Crippen LogP contribution in [0.2, 0.25) is 5.02 Å². The second-order valence-electron chi connectivity index (χ2n) is 5.57. The Labute approximate surface area is 126 Å². The van der Waals surface area contributed by atoms with Crippen LogP contribution in [-0.2, 0) is 5.88 Å². The van der Waals surface area contributed by atoms with Gasteiger partial charge in [0.05, 0.1) is 10.7 Å². The van der Waals surface area contributed by atoms with E-state index < -0.39 is 0 Å². The molecule has 1 aliphatic carbocycles. The van der Waals surface area contributed by atoms with Crippen LogP contribution in [0.1, 0.15) is 44.6 Å². The maximum Gasteiger partial charge on any atom is 0.0642 e. The molecular formula is C16H23Cl2N. The molecule has 19 heavy (non-hydrogen) atoms. The summed E-state index contributed by atoms with van der Waals surface area (Å²) < 4.78 is 0. The van der Waals surface area contributed by atoms with E-state index in [1.54, 1.807) is 0 Å². The van der Waals surface area contributed by atoms with Gasteiger partial charge in [0.15, 0.2) is 0 Å². The molecule has 3 heteroatoms. The van der Waals surface area contributed by atoms with E-state index in [4.69, 9.17) is 23.2 Å². The number of hydrogen-bond donors (Lipinski definition) is 0. The molecular weight excluding hydrogens is 277 g/mol. The van der Waals surface area contributed by atoms with E-state index in [1.807, 2.05) is 12.1 Å². The Morgan fingerprint density at radius 2 is 1.89 bits per heavy atom. The number of halogens is 2. The van der Waals surface area contributed by atoms with Gasteiger partial charge in [-0.05, 0) is 43.2 Å². The van der Waals surface area contributed by atoms with Gasteiger partial charge in [-0.2, -0.15) is 0 Å². The summed E-state index contributed by atoms with van der Waals surface area (Å²) in [7, 11) is 2.16. The number of benzene rings is 1. The smallest absolute Gasteiger partial charge is 0.0642 e. The summed E-state index contributed by atoms with van der Waals surface area (Å²) in [5.41, 5.74) is 2.26. The molecule has 1 fully saturated rings. The van der Waals surface area contributed by atoms with E-state index >= 15 is 0 Å². The molecule has 0 heterocycles. The molecule has 0 atom stereocenters. The molecule has 0 spiro atoms. The Balaban J connectivity index is 2.14. The van der Waals surface area contributed by atoms with Gasteiger partial charge in [0.1, 0.15) is 0 Å². The standard InChI is InChI=1S/C16H23Cl2N/c1-3-12-7-9-14(10-8-12)19(2)16-13(11-17)5-4-6-15(16)18/h4-6,12,14H,3,7-11H2,1-2H3. The van der Waals surface area contributed by atoms with Gasteiger partial charge in [-0.1, -0.05) is 37.1 Å². The van der Waals surface area contributed by atoms with Gasteiger partial charge in [-0.25, -0.2) is 0 Å². The molecule has 0 radical (unpaired) electrons. The van der Waals surface area contributed by atoms with E-state index in [0.29, 0.717) is 11.9 Å². The number of hydrogen-bond acceptors (Lipinski definition) is 1. The second-order valence-corrected chi connectivity index (χ2v) is 6.25. The summed E-state index contributed by atoms with van der Waals surface area (Å²) in [4.78, 5) is 2.35. The number of anilines is 1. The van der Waals surface area contributed by atoms with Crippen molar-refractivity contribution in [2.24, 2.45) is 5.92 Å². The van der Waals surface area contributed by atoms with Gasteiger partial charge in [-0.3, -0.25) is 0 Å². The fourth-order valence-corrected chi connectivity index (χ4v) is 3.73. The van der Waals surface area contributed by atoms with Crippen molar-refractivity contribution in [2.45, 2.75) is 50.9 Å². The van der Waals surface area contributed by atoms with Crippen LogP contribution < -0.4 is 4.90 Å². The lowest BCUT2D eigenvalue weighted by molar-refractivity contribution is 0.313. The third kappa shape index (κ3) is 3.38. The Kier molecular flexibility index (Phi) is 5.41. The Bertz CT molecular complexity index is 411. The molecule has 0 saturated heterocycles. The minimum Gasteiger partial charge on any atom is -0.370 e. The van der Waals surface area contributed by atoms with Crippen molar-refractivity contribution in [3.05, 3.63) is 28.8 Å². The maximum atomic E-state index is 6.38. The van der Waals surface area contributed by atoms with Crippen LogP contribution in [0.5, 0.6) is 0 Å². The number of nitrogens with zero attached hydrogens (tertiary/aromatic N) is 1. The zero-order valence-corrected chi connectivity index (χ0v) is 13.3. The van der Waals surface area contributed by atoms with Gasteiger partial charge < -0.3 is 4.90 Å². The highest BCUT2D eigenvalue weighted by molar-refractivity contribution is 6.33. The zero-order chi connectivity index (χ0) is 13.8. The highest BCUT2D eigenvalue weighted by atomic mass is 35.5. The number of para-hydroxylation sites is 1. The molecule has 1 nitrogen and oxygen atoms in total. The lowest BCUT2D eigenvalue weighted by atomic mass is 9.84. The van der Waals surface area contributed by atoms with Crippen molar-refractivity contribution in [3.8, 4) is 0 Å². The Hall–Kier alpha value is -0.400. The molecule has 0 aliphatic heterocycles. The molecule has 0 aromatic heterocycles. The average molecular weight is 300 g/mol. The molecule has 1 aromatic carbocycles. The number of rotatable bonds is 4. The first-order chi connectivity index (χ1) is 9.17. The van der Waals surface area contributed by atoms with Crippen molar-refractivity contribution in [1.29, 1.82) is 0 Å². The molecule has 2 rings (SSSR count). The van der Waals surface area contributed by atoms with E-state index in [0.717, 1.165) is 22.2 Å². The molecule has 0 unspecified atom stereocenters. The van der Waals surface area contributed by atoms with E-state index in [1.165, 1.54) is 32.1 Å². The summed E-state index contributed by atoms with van der Waals surface area (Å²) in [5, 5.41) is 0.818. The molecule has 1 aromatic rings. The predicted octanol–water partition coefficient (Wildman–Crippen LogP) is 5.48. The van der Waals surface area contributed by atoms with Gasteiger partial charge in [0, 0.05) is 19.0 Å². The first kappa shape index (κ1) is 15.0. The average Bonchev–Trinajstić information content (AvgIpc) is 2.46. The summed E-state index contributed by atoms with van der Waals surface area (Å²) in [6, 6.07) is 6.61. The van der Waals surface area contributed by atoms with Crippen molar-refractivity contribution in [1.82, 2.24) is 0 Å². The minimum atomic E-state index is 0.518. The van der Waals surface area contributed by atoms with Crippen LogP contribution in [0.25, 0.3) is 0 Å². The third-order valence-electron chi connectivity index (χ3n) is 4.51. The Morgan fingerprint density at radius 1 is 1.21 bits per heavy atom. The molecule has 1 saturated carbocycles. The first-order valence-electron chi connectivity index (χ1n) is 7.23. The van der Waals surface area contributed by atoms with Gasteiger partial charge in [0.25, 0.3) is 0 Å². The second kappa shape index (κ2) is 6.85. The molecule has 0 amide bonds. The summed E-state index contributed by atoms with van der Waals surface area (Å²) in [6.07, 6.45) is 6.53. The van der Waals surface area contributed by atoms with Gasteiger partial charge in [-0.15, -0.1) is 11.6 Å². The minimum absolute atomic E-state index is 0.518. The topological polar surface area (TPSA) is 3.24 Å². The molecule has 1 aliphatic rings. The van der Waals surface area contributed by atoms with E-state index in [2.05, 4.69) is 24.9 Å². The Morgan fingerprint density at radius 3 is 2.47 bits per heavy atom. The molecule has 0 bridgehead atoms. The molecule has 0 N–H and O–H groups in total. The number of alkyl halides is 1. The lowest BCUT2D eigenvalue weighted by Gasteiger charge is -2.37. The van der Waals surface area contributed by atoms with Crippen LogP contribution in [0, 0.1) is 5.92 Å². The highest BCUT2D eigenvalue weighted by Gasteiger charge is 2.25. The summed E-state index contributed by atoms with van der Waals surface area (Å²) in [5.74, 6) is 1.44. The van der Waals surface area contributed by atoms with Crippen LogP contribution in [0.4, 0.5) is 5.69 Å². The monoisotopic (exact) mass is 299 g/mol. The van der Waals surface area contributed by atoms with Crippen LogP contribution in [0.3, 0.4) is 0 Å². The van der Waals surface area contributed by atoms with Crippen molar-refractivity contribution < 1.29 is 0 Å². The highest BCUT2D eigenvalue weighted by Crippen LogP contribution is 2.36. The maximum absolute atomic E-state index is 6.38. The van der Waals surface area contributed by atoms with Gasteiger partial charge in [0.2, 0.25) is 0 Å². The van der Waals surface area contributed by atoms with Crippen LogP contribution in [0.15, 0.2) is 18.2 Å². The van der Waals surface area contributed by atoms with Crippen molar-refractivity contribution in [2.75, 3.05) is 11.9 Å². The van der Waals surface area contributed by atoms with E-state index in [-0.39, 0.29) is 0 Å². The third-order valence-corrected chi connectivity index (χ3v) is 5.10. The molecule has 106 valence electrons. The van der Waals surface area contributed by atoms with Crippen molar-refractivity contribution in [3.63, 3.8) is 0 Å². The SMILES string of the molecule is CCC1CCC(N(C)c2c(Cl)cccc2CCl)CC1. The van der Waals surface area contributed by atoms with Gasteiger partial charge >= 0.3 is 0 Å². The zero-order valence-electron chi connectivity index (χ0n) is 11.8. The van der Waals surface area contributed by atoms with Crippen LogP contribution >= 0.6 is 23.2 Å². The fourth-order valence-electron chi connectivity index (χ4n) is 3.19. The fraction of sp³-hybridized carbons (Fsp3) is 0.625. The van der Waals surface area contributed by atoms with Crippen molar-refractivity contribution >= 4 is 28.9 Å². The predicted molar refractivity (Wildman–Crippen MR) is 85.4 cm³/mol. The first-order valence-corrected chi connectivity index (χ1v) is 8.14. The summed E-state index contributed by atoms with van der Waals surface area (Å²) in [6.45, 7) is 2.30. The quantitative estimate of drug-likeness (QED) is 0.665. The largest absolute Gasteiger partial charge is 0.370 e. The van der Waals surface area contributed by atoms with E-state index in [9.17, 15) is 0 Å². The van der Waals surface area contributed by atoms with Crippen LogP contribution in [-0.4, -0.2) is 13.1 Å². The lowest BCUT2D eigenvalue weighted by Crippen LogP contribution is -2.35. The normalized spacial score (nSPS) is 23.4. The summed E-state index contributed by atoms with van der Waals surface area (Å²) >= 11 is 12.4.